The van der Waals surface area contributed by atoms with Crippen molar-refractivity contribution in [1.82, 2.24) is 4.90 Å². The molecule has 0 saturated carbocycles. The highest BCUT2D eigenvalue weighted by Crippen LogP contribution is 2.22. The molecule has 0 N–H and O–H groups in total. The Labute approximate surface area is 156 Å². The first kappa shape index (κ1) is 18.5. The number of carbonyl (C=O) groups is 1. The molecule has 1 atom stereocenters. The second kappa shape index (κ2) is 8.37. The van der Waals surface area contributed by atoms with Crippen molar-refractivity contribution in [3.63, 3.8) is 0 Å². The van der Waals surface area contributed by atoms with Crippen molar-refractivity contribution < 1.29 is 9.53 Å². The average molecular weight is 352 g/mol. The number of hydrogen-bond donors (Lipinski definition) is 0. The Bertz CT molecular complexity index is 730. The van der Waals surface area contributed by atoms with E-state index in [-0.39, 0.29) is 12.2 Å². The van der Waals surface area contributed by atoms with Crippen molar-refractivity contribution in [1.29, 1.82) is 0 Å². The molecule has 1 amide bonds. The van der Waals surface area contributed by atoms with Gasteiger partial charge in [0, 0.05) is 18.8 Å². The molecule has 1 heterocycles. The Kier molecular flexibility index (Phi) is 5.94. The van der Waals surface area contributed by atoms with Gasteiger partial charge in [-0.25, -0.2) is 4.79 Å². The molecule has 2 aromatic carbocycles. The Hall–Kier alpha value is -2.33. The van der Waals surface area contributed by atoms with E-state index in [0.29, 0.717) is 12.5 Å². The van der Waals surface area contributed by atoms with E-state index in [4.69, 9.17) is 4.74 Å². The number of carbonyl (C=O) groups excluding carboxylic acids is 1. The molecule has 4 heteroatoms. The molecule has 138 valence electrons. The maximum absolute atomic E-state index is 12.2. The monoisotopic (exact) mass is 352 g/mol. The summed E-state index contributed by atoms with van der Waals surface area (Å²) in [5.74, 6) is 0.636. The molecule has 4 nitrogen and oxygen atoms in total. The summed E-state index contributed by atoms with van der Waals surface area (Å²) in [7, 11) is 2.09. The minimum atomic E-state index is -0.255. The molecule has 3 rings (SSSR count). The van der Waals surface area contributed by atoms with E-state index in [1.807, 2.05) is 30.3 Å². The molecule has 0 aliphatic carbocycles. The van der Waals surface area contributed by atoms with Gasteiger partial charge in [-0.1, -0.05) is 56.3 Å². The van der Waals surface area contributed by atoms with Gasteiger partial charge in [0.1, 0.15) is 6.10 Å². The molecule has 1 fully saturated rings. The van der Waals surface area contributed by atoms with Crippen LogP contribution in [0.4, 0.5) is 10.5 Å². The molecule has 2 aromatic rings. The first-order chi connectivity index (χ1) is 12.5. The van der Waals surface area contributed by atoms with Crippen molar-refractivity contribution in [2.24, 2.45) is 5.92 Å². The van der Waals surface area contributed by atoms with Gasteiger partial charge >= 0.3 is 6.09 Å². The van der Waals surface area contributed by atoms with Gasteiger partial charge in [-0.05, 0) is 42.6 Å². The average Bonchev–Trinajstić information content (AvgIpc) is 2.97. The van der Waals surface area contributed by atoms with Gasteiger partial charge < -0.3 is 4.74 Å². The molecule has 1 aliphatic heterocycles. The van der Waals surface area contributed by atoms with E-state index in [9.17, 15) is 4.79 Å². The van der Waals surface area contributed by atoms with Crippen molar-refractivity contribution >= 4 is 11.8 Å². The smallest absolute Gasteiger partial charge is 0.414 e. The number of amides is 1. The van der Waals surface area contributed by atoms with Crippen molar-refractivity contribution in [2.45, 2.75) is 32.9 Å². The summed E-state index contributed by atoms with van der Waals surface area (Å²) in [5.41, 5.74) is 3.65. The fourth-order valence-corrected chi connectivity index (χ4v) is 3.49. The van der Waals surface area contributed by atoms with E-state index < -0.39 is 0 Å². The molecule has 1 aliphatic rings. The van der Waals surface area contributed by atoms with Crippen LogP contribution in [-0.4, -0.2) is 37.2 Å². The molecule has 0 bridgehead atoms. The molecule has 0 spiro atoms. The van der Waals surface area contributed by atoms with Crippen LogP contribution in [0, 0.1) is 5.92 Å². The zero-order valence-corrected chi connectivity index (χ0v) is 15.9. The number of nitrogens with zero attached hydrogens (tertiary/aromatic N) is 2. The summed E-state index contributed by atoms with van der Waals surface area (Å²) in [6.45, 7) is 6.68. The second-order valence-electron chi connectivity index (χ2n) is 7.52. The summed E-state index contributed by atoms with van der Waals surface area (Å²) < 4.78 is 5.58. The number of para-hydroxylation sites is 1. The maximum Gasteiger partial charge on any atom is 0.414 e. The van der Waals surface area contributed by atoms with Crippen LogP contribution in [0.15, 0.2) is 54.6 Å². The van der Waals surface area contributed by atoms with E-state index in [2.05, 4.69) is 50.1 Å². The molecule has 0 aromatic heterocycles. The number of hydrogen-bond acceptors (Lipinski definition) is 3. The molecular formula is C22H28N2O2. The Morgan fingerprint density at radius 3 is 2.42 bits per heavy atom. The zero-order valence-electron chi connectivity index (χ0n) is 15.9. The number of anilines is 1. The summed E-state index contributed by atoms with van der Waals surface area (Å²) in [6, 6.07) is 18.3. The normalized spacial score (nSPS) is 17.2. The summed E-state index contributed by atoms with van der Waals surface area (Å²) in [5, 5.41) is 0. The largest absolute Gasteiger partial charge is 0.443 e. The minimum absolute atomic E-state index is 0.107. The predicted molar refractivity (Wildman–Crippen MR) is 105 cm³/mol. The fraction of sp³-hybridized carbons (Fsp3) is 0.409. The Morgan fingerprint density at radius 1 is 1.08 bits per heavy atom. The first-order valence-corrected chi connectivity index (χ1v) is 9.31. The van der Waals surface area contributed by atoms with Crippen LogP contribution in [0.1, 0.15) is 25.0 Å². The van der Waals surface area contributed by atoms with Crippen LogP contribution >= 0.6 is 0 Å². The highest BCUT2D eigenvalue weighted by Gasteiger charge is 2.32. The third-order valence-corrected chi connectivity index (χ3v) is 4.64. The van der Waals surface area contributed by atoms with Crippen LogP contribution in [0.5, 0.6) is 0 Å². The number of ether oxygens (including phenoxy) is 1. The second-order valence-corrected chi connectivity index (χ2v) is 7.52. The first-order valence-electron chi connectivity index (χ1n) is 9.31. The van der Waals surface area contributed by atoms with Crippen LogP contribution < -0.4 is 4.90 Å². The Balaban J connectivity index is 1.59. The lowest BCUT2D eigenvalue weighted by atomic mass is 9.98. The van der Waals surface area contributed by atoms with Crippen molar-refractivity contribution in [3.8, 4) is 0 Å². The SMILES string of the molecule is CC(C)Cc1ccccc1CN(C)CC1CN(c2ccccc2)C(=O)O1. The van der Waals surface area contributed by atoms with Gasteiger partial charge in [-0.15, -0.1) is 0 Å². The topological polar surface area (TPSA) is 32.8 Å². The molecule has 1 saturated heterocycles. The van der Waals surface area contributed by atoms with Gasteiger partial charge in [0.2, 0.25) is 0 Å². The van der Waals surface area contributed by atoms with Crippen molar-refractivity contribution in [3.05, 3.63) is 65.7 Å². The van der Waals surface area contributed by atoms with E-state index in [0.717, 1.165) is 25.2 Å². The quantitative estimate of drug-likeness (QED) is 0.743. The third-order valence-electron chi connectivity index (χ3n) is 4.64. The number of cyclic esters (lactones) is 1. The summed E-state index contributed by atoms with van der Waals surface area (Å²) in [6.07, 6.45) is 0.726. The minimum Gasteiger partial charge on any atom is -0.443 e. The maximum atomic E-state index is 12.2. The lowest BCUT2D eigenvalue weighted by Gasteiger charge is -2.22. The van der Waals surface area contributed by atoms with Gasteiger partial charge in [0.25, 0.3) is 0 Å². The third kappa shape index (κ3) is 4.64. The van der Waals surface area contributed by atoms with Gasteiger partial charge in [0.15, 0.2) is 0 Å². The van der Waals surface area contributed by atoms with Crippen molar-refractivity contribution in [2.75, 3.05) is 25.0 Å². The van der Waals surface area contributed by atoms with Crippen LogP contribution in [0.25, 0.3) is 0 Å². The standard InChI is InChI=1S/C22H28N2O2/c1-17(2)13-18-9-7-8-10-19(18)14-23(3)15-21-16-24(22(25)26-21)20-11-5-4-6-12-20/h4-12,17,21H,13-16H2,1-3H3. The van der Waals surface area contributed by atoms with Crippen LogP contribution in [0.3, 0.4) is 0 Å². The predicted octanol–water partition coefficient (Wildman–Crippen LogP) is 4.34. The van der Waals surface area contributed by atoms with Gasteiger partial charge in [0.05, 0.1) is 6.54 Å². The summed E-state index contributed by atoms with van der Waals surface area (Å²) in [4.78, 5) is 16.1. The van der Waals surface area contributed by atoms with Gasteiger partial charge in [-0.2, -0.15) is 0 Å². The van der Waals surface area contributed by atoms with Crippen LogP contribution in [0.2, 0.25) is 0 Å². The fourth-order valence-electron chi connectivity index (χ4n) is 3.49. The highest BCUT2D eigenvalue weighted by atomic mass is 16.6. The number of rotatable bonds is 7. The van der Waals surface area contributed by atoms with E-state index >= 15 is 0 Å². The molecule has 0 radical (unpaired) electrons. The molecule has 1 unspecified atom stereocenters. The summed E-state index contributed by atoms with van der Waals surface area (Å²) >= 11 is 0. The van der Waals surface area contributed by atoms with Crippen LogP contribution in [-0.2, 0) is 17.7 Å². The lowest BCUT2D eigenvalue weighted by Crippen LogP contribution is -2.32. The molecule has 26 heavy (non-hydrogen) atoms. The van der Waals surface area contributed by atoms with Gasteiger partial charge in [-0.3, -0.25) is 9.80 Å². The number of benzene rings is 2. The zero-order chi connectivity index (χ0) is 18.5. The molecular weight excluding hydrogens is 324 g/mol. The Morgan fingerprint density at radius 2 is 1.73 bits per heavy atom. The number of likely N-dealkylation sites (N-methyl/N-ethyl adjacent to an activating group) is 1. The highest BCUT2D eigenvalue weighted by molar-refractivity contribution is 5.89. The lowest BCUT2D eigenvalue weighted by molar-refractivity contribution is 0.115. The van der Waals surface area contributed by atoms with E-state index in [1.54, 1.807) is 4.90 Å². The van der Waals surface area contributed by atoms with E-state index in [1.165, 1.54) is 11.1 Å².